The molecule has 2 fully saturated rings. The molecular formula is C25H23N3O6S3. The number of imide groups is 1. The molecule has 2 aliphatic rings. The van der Waals surface area contributed by atoms with E-state index in [1.54, 1.807) is 61.7 Å². The van der Waals surface area contributed by atoms with Gasteiger partial charge in [-0.15, -0.1) is 0 Å². The van der Waals surface area contributed by atoms with E-state index in [2.05, 4.69) is 0 Å². The highest BCUT2D eigenvalue weighted by molar-refractivity contribution is 8.26. The third kappa shape index (κ3) is 5.97. The third-order valence-corrected chi connectivity index (χ3v) is 7.86. The van der Waals surface area contributed by atoms with Crippen molar-refractivity contribution in [3.05, 3.63) is 59.0 Å². The minimum absolute atomic E-state index is 0.0473. The second-order valence-electron chi connectivity index (χ2n) is 7.87. The average molecular weight is 558 g/mol. The van der Waals surface area contributed by atoms with Crippen molar-refractivity contribution in [3.8, 4) is 11.5 Å². The molecule has 2 aromatic carbocycles. The summed E-state index contributed by atoms with van der Waals surface area (Å²) in [5, 5.41) is -0.393. The quantitative estimate of drug-likeness (QED) is 0.335. The first kappa shape index (κ1) is 26.7. The van der Waals surface area contributed by atoms with Crippen LogP contribution in [0.5, 0.6) is 11.5 Å². The number of ether oxygens (including phenoxy) is 2. The molecule has 0 spiro atoms. The molecule has 12 heteroatoms. The summed E-state index contributed by atoms with van der Waals surface area (Å²) in [6.07, 6.45) is 1.66. The molecule has 2 heterocycles. The molecule has 0 atom stereocenters. The largest absolute Gasteiger partial charge is 0.493 e. The molecule has 0 radical (unpaired) electrons. The summed E-state index contributed by atoms with van der Waals surface area (Å²) in [6.45, 7) is -0.127. The highest BCUT2D eigenvalue weighted by Crippen LogP contribution is 2.35. The number of para-hydroxylation sites is 1. The smallest absolute Gasteiger partial charge is 0.290 e. The summed E-state index contributed by atoms with van der Waals surface area (Å²) >= 11 is 7.48. The number of methoxy groups -OCH3 is 2. The van der Waals surface area contributed by atoms with Gasteiger partial charge in [-0.1, -0.05) is 60.0 Å². The lowest BCUT2D eigenvalue weighted by Crippen LogP contribution is -2.45. The van der Waals surface area contributed by atoms with E-state index >= 15 is 0 Å². The van der Waals surface area contributed by atoms with Gasteiger partial charge in [0.15, 0.2) is 11.5 Å². The SMILES string of the molecule is COc1ccc(C=C2SC(=S)N(CCC(=O)N(CN3C(=O)CSC3=O)c3ccccc3)C2=O)cc1OC. The molecule has 4 amide bonds. The monoisotopic (exact) mass is 557 g/mol. The number of carbonyl (C=O) groups excluding carboxylic acids is 4. The second-order valence-corrected chi connectivity index (χ2v) is 10.5. The third-order valence-electron chi connectivity index (χ3n) is 5.62. The second kappa shape index (κ2) is 11.8. The summed E-state index contributed by atoms with van der Waals surface area (Å²) in [6, 6.07) is 14.1. The van der Waals surface area contributed by atoms with Crippen LogP contribution in [0.3, 0.4) is 0 Å². The summed E-state index contributed by atoms with van der Waals surface area (Å²) in [5.41, 5.74) is 1.28. The Morgan fingerprint density at radius 2 is 1.78 bits per heavy atom. The molecule has 2 saturated heterocycles. The molecule has 0 aromatic heterocycles. The van der Waals surface area contributed by atoms with Crippen molar-refractivity contribution in [2.45, 2.75) is 6.42 Å². The fourth-order valence-corrected chi connectivity index (χ4v) is 5.73. The maximum Gasteiger partial charge on any atom is 0.290 e. The number of benzene rings is 2. The van der Waals surface area contributed by atoms with Crippen LogP contribution in [0.2, 0.25) is 0 Å². The number of thiocarbonyl (C=S) groups is 1. The number of carbonyl (C=O) groups is 4. The van der Waals surface area contributed by atoms with Crippen LogP contribution in [0.1, 0.15) is 12.0 Å². The number of rotatable bonds is 9. The standard InChI is InChI=1S/C25H23N3O6S3/c1-33-18-9-8-16(12-19(18)34-2)13-20-23(31)26(25(35)37-20)11-10-21(29)27(17-6-4-3-5-7-17)15-28-22(30)14-36-24(28)32/h3-9,12-13H,10-11,14-15H2,1-2H3. The zero-order valence-corrected chi connectivity index (χ0v) is 22.5. The van der Waals surface area contributed by atoms with Crippen LogP contribution < -0.4 is 14.4 Å². The molecule has 37 heavy (non-hydrogen) atoms. The first-order valence-corrected chi connectivity index (χ1v) is 13.3. The molecule has 0 N–H and O–H groups in total. The van der Waals surface area contributed by atoms with Crippen molar-refractivity contribution in [3.63, 3.8) is 0 Å². The molecule has 4 rings (SSSR count). The van der Waals surface area contributed by atoms with Gasteiger partial charge < -0.3 is 9.47 Å². The van der Waals surface area contributed by atoms with Crippen molar-refractivity contribution in [1.29, 1.82) is 0 Å². The maximum absolute atomic E-state index is 13.3. The minimum Gasteiger partial charge on any atom is -0.493 e. The molecular weight excluding hydrogens is 534 g/mol. The predicted molar refractivity (Wildman–Crippen MR) is 148 cm³/mol. The molecule has 0 aliphatic carbocycles. The number of nitrogens with zero attached hydrogens (tertiary/aromatic N) is 3. The lowest BCUT2D eigenvalue weighted by atomic mass is 10.2. The van der Waals surface area contributed by atoms with Crippen LogP contribution in [-0.2, 0) is 14.4 Å². The van der Waals surface area contributed by atoms with Gasteiger partial charge in [0.2, 0.25) is 11.8 Å². The lowest BCUT2D eigenvalue weighted by molar-refractivity contribution is -0.125. The van der Waals surface area contributed by atoms with Crippen LogP contribution >= 0.6 is 35.7 Å². The number of amides is 4. The number of hydrogen-bond acceptors (Lipinski definition) is 9. The van der Waals surface area contributed by atoms with Crippen molar-refractivity contribution >= 4 is 74.8 Å². The zero-order valence-electron chi connectivity index (χ0n) is 20.0. The van der Waals surface area contributed by atoms with Gasteiger partial charge in [0.25, 0.3) is 11.1 Å². The normalized spacial score (nSPS) is 16.6. The molecule has 0 unspecified atom stereocenters. The Balaban J connectivity index is 1.47. The number of anilines is 1. The van der Waals surface area contributed by atoms with Gasteiger partial charge in [0.05, 0.1) is 24.9 Å². The summed E-state index contributed by atoms with van der Waals surface area (Å²) in [5.74, 6) is 0.169. The van der Waals surface area contributed by atoms with Gasteiger partial charge in [0.1, 0.15) is 11.0 Å². The molecule has 0 bridgehead atoms. The van der Waals surface area contributed by atoms with Crippen LogP contribution in [-0.4, -0.2) is 70.3 Å². The molecule has 9 nitrogen and oxygen atoms in total. The summed E-state index contributed by atoms with van der Waals surface area (Å²) < 4.78 is 10.9. The highest BCUT2D eigenvalue weighted by atomic mass is 32.2. The van der Waals surface area contributed by atoms with Crippen molar-refractivity contribution < 1.29 is 28.7 Å². The van der Waals surface area contributed by atoms with Gasteiger partial charge in [-0.2, -0.15) is 0 Å². The average Bonchev–Trinajstić information content (AvgIpc) is 3.37. The summed E-state index contributed by atoms with van der Waals surface area (Å²) in [4.78, 5) is 54.9. The fourth-order valence-electron chi connectivity index (χ4n) is 3.70. The fraction of sp³-hybridized carbons (Fsp3) is 0.240. The highest BCUT2D eigenvalue weighted by Gasteiger charge is 2.35. The van der Waals surface area contributed by atoms with Crippen LogP contribution in [0.4, 0.5) is 10.5 Å². The van der Waals surface area contributed by atoms with Gasteiger partial charge >= 0.3 is 0 Å². The minimum atomic E-state index is -0.393. The van der Waals surface area contributed by atoms with E-state index in [0.717, 1.165) is 34.0 Å². The van der Waals surface area contributed by atoms with E-state index in [1.807, 2.05) is 0 Å². The van der Waals surface area contributed by atoms with Crippen LogP contribution in [0.25, 0.3) is 6.08 Å². The predicted octanol–water partition coefficient (Wildman–Crippen LogP) is 3.98. The number of thioether (sulfide) groups is 2. The topological polar surface area (TPSA) is 96.5 Å². The van der Waals surface area contributed by atoms with Crippen LogP contribution in [0, 0.1) is 0 Å². The molecule has 2 aliphatic heterocycles. The van der Waals surface area contributed by atoms with Crippen molar-refractivity contribution in [2.75, 3.05) is 38.1 Å². The number of hydrogen-bond donors (Lipinski definition) is 0. The Labute approximate surface area is 227 Å². The van der Waals surface area contributed by atoms with E-state index in [9.17, 15) is 19.2 Å². The van der Waals surface area contributed by atoms with Gasteiger partial charge in [-0.3, -0.25) is 33.9 Å². The van der Waals surface area contributed by atoms with E-state index in [4.69, 9.17) is 21.7 Å². The lowest BCUT2D eigenvalue weighted by Gasteiger charge is -2.27. The molecule has 2 aromatic rings. The van der Waals surface area contributed by atoms with Gasteiger partial charge in [-0.05, 0) is 35.9 Å². The van der Waals surface area contributed by atoms with E-state index < -0.39 is 5.24 Å². The zero-order chi connectivity index (χ0) is 26.5. The van der Waals surface area contributed by atoms with Crippen molar-refractivity contribution in [2.24, 2.45) is 0 Å². The van der Waals surface area contributed by atoms with E-state index in [1.165, 1.54) is 16.9 Å². The van der Waals surface area contributed by atoms with E-state index in [-0.39, 0.29) is 43.1 Å². The van der Waals surface area contributed by atoms with Crippen LogP contribution in [0.15, 0.2) is 53.4 Å². The molecule has 192 valence electrons. The van der Waals surface area contributed by atoms with E-state index in [0.29, 0.717) is 26.4 Å². The van der Waals surface area contributed by atoms with Gasteiger partial charge in [-0.25, -0.2) is 0 Å². The maximum atomic E-state index is 13.3. The van der Waals surface area contributed by atoms with Gasteiger partial charge in [0, 0.05) is 18.7 Å². The van der Waals surface area contributed by atoms with Crippen molar-refractivity contribution in [1.82, 2.24) is 9.80 Å². The Morgan fingerprint density at radius 3 is 2.43 bits per heavy atom. The first-order chi connectivity index (χ1) is 17.8. The Kier molecular flexibility index (Phi) is 8.52. The summed E-state index contributed by atoms with van der Waals surface area (Å²) in [7, 11) is 3.08. The Hall–Kier alpha value is -3.35. The Bertz CT molecular complexity index is 1270. The molecule has 0 saturated carbocycles. The Morgan fingerprint density at radius 1 is 1.05 bits per heavy atom. The first-order valence-electron chi connectivity index (χ1n) is 11.1.